The number of anilines is 1. The minimum Gasteiger partial charge on any atom is -0.381 e. The topological polar surface area (TPSA) is 56.7 Å². The van der Waals surface area contributed by atoms with Crippen molar-refractivity contribution >= 4 is 5.82 Å². The van der Waals surface area contributed by atoms with E-state index < -0.39 is 0 Å². The molecule has 4 nitrogen and oxygen atoms in total. The van der Waals surface area contributed by atoms with Gasteiger partial charge in [0.05, 0.1) is 5.69 Å². The van der Waals surface area contributed by atoms with Gasteiger partial charge in [-0.05, 0) is 43.2 Å². The Kier molecular flexibility index (Phi) is 2.76. The van der Waals surface area contributed by atoms with Gasteiger partial charge in [-0.25, -0.2) is 4.68 Å². The van der Waals surface area contributed by atoms with Crippen LogP contribution in [0.5, 0.6) is 0 Å². The van der Waals surface area contributed by atoms with Gasteiger partial charge in [0.1, 0.15) is 0 Å². The fraction of sp³-hybridized carbons (Fsp3) is 0.500. The van der Waals surface area contributed by atoms with Crippen molar-refractivity contribution in [3.05, 3.63) is 41.1 Å². The second-order valence-electron chi connectivity index (χ2n) is 6.10. The molecule has 20 heavy (non-hydrogen) atoms. The highest BCUT2D eigenvalue weighted by Gasteiger charge is 2.31. The van der Waals surface area contributed by atoms with Crippen molar-refractivity contribution in [2.24, 2.45) is 0 Å². The first kappa shape index (κ1) is 11.9. The third-order valence-corrected chi connectivity index (χ3v) is 4.65. The van der Waals surface area contributed by atoms with Gasteiger partial charge in [-0.2, -0.15) is 0 Å². The maximum absolute atomic E-state index is 5.99. The molecule has 2 N–H and O–H groups in total. The summed E-state index contributed by atoms with van der Waals surface area (Å²) in [6.45, 7) is 0.924. The number of nitrogens with two attached hydrogens (primary N) is 1. The Morgan fingerprint density at radius 2 is 2.05 bits per heavy atom. The predicted molar refractivity (Wildman–Crippen MR) is 78.5 cm³/mol. The monoisotopic (exact) mass is 268 g/mol. The van der Waals surface area contributed by atoms with Crippen molar-refractivity contribution in [3.8, 4) is 0 Å². The number of hydrogen-bond acceptors (Lipinski definition) is 3. The van der Waals surface area contributed by atoms with Gasteiger partial charge in [0, 0.05) is 18.4 Å². The standard InChI is InChI=1S/C16H20N4/c17-16-15(12-8-9-12)20(19-18-16)10-13-6-3-5-11-4-1-2-7-14(11)13/h1-2,4,7,12-13H,3,5-6,8-10,17H2. The first-order valence-electron chi connectivity index (χ1n) is 7.59. The fourth-order valence-electron chi connectivity index (χ4n) is 3.50. The van der Waals surface area contributed by atoms with Gasteiger partial charge in [0.15, 0.2) is 5.82 Å². The second-order valence-corrected chi connectivity index (χ2v) is 6.10. The molecule has 0 bridgehead atoms. The summed E-state index contributed by atoms with van der Waals surface area (Å²) in [6.07, 6.45) is 6.19. The van der Waals surface area contributed by atoms with E-state index in [9.17, 15) is 0 Å². The third kappa shape index (κ3) is 1.99. The molecule has 2 aromatic rings. The van der Waals surface area contributed by atoms with Crippen molar-refractivity contribution < 1.29 is 0 Å². The van der Waals surface area contributed by atoms with Gasteiger partial charge in [-0.15, -0.1) is 5.10 Å². The van der Waals surface area contributed by atoms with Crippen LogP contribution in [-0.4, -0.2) is 15.0 Å². The summed E-state index contributed by atoms with van der Waals surface area (Å²) in [4.78, 5) is 0. The first-order chi connectivity index (χ1) is 9.83. The minimum absolute atomic E-state index is 0.554. The molecule has 1 heterocycles. The summed E-state index contributed by atoms with van der Waals surface area (Å²) in [5, 5.41) is 8.38. The Hall–Kier alpha value is -1.84. The lowest BCUT2D eigenvalue weighted by Gasteiger charge is -2.25. The van der Waals surface area contributed by atoms with Crippen LogP contribution in [0.2, 0.25) is 0 Å². The lowest BCUT2D eigenvalue weighted by Crippen LogP contribution is -2.17. The average Bonchev–Trinajstić information content (AvgIpc) is 3.24. The van der Waals surface area contributed by atoms with Crippen LogP contribution < -0.4 is 5.73 Å². The lowest BCUT2D eigenvalue weighted by molar-refractivity contribution is 0.440. The molecule has 0 radical (unpaired) electrons. The summed E-state index contributed by atoms with van der Waals surface area (Å²) in [5.74, 6) is 1.79. The average molecular weight is 268 g/mol. The zero-order valence-electron chi connectivity index (χ0n) is 11.6. The molecule has 0 aliphatic heterocycles. The summed E-state index contributed by atoms with van der Waals surface area (Å²) in [7, 11) is 0. The van der Waals surface area contributed by atoms with Crippen LogP contribution >= 0.6 is 0 Å². The van der Waals surface area contributed by atoms with Crippen LogP contribution in [0.4, 0.5) is 5.82 Å². The predicted octanol–water partition coefficient (Wildman–Crippen LogP) is 2.86. The Morgan fingerprint density at radius 3 is 2.90 bits per heavy atom. The van der Waals surface area contributed by atoms with Crippen molar-refractivity contribution in [1.82, 2.24) is 15.0 Å². The summed E-state index contributed by atoms with van der Waals surface area (Å²) in [5.41, 5.74) is 10.2. The number of nitrogen functional groups attached to an aromatic ring is 1. The van der Waals surface area contributed by atoms with Crippen LogP contribution in [-0.2, 0) is 13.0 Å². The number of fused-ring (bicyclic) bond motifs is 1. The Balaban J connectivity index is 1.64. The van der Waals surface area contributed by atoms with E-state index in [0.717, 1.165) is 6.54 Å². The molecule has 1 aromatic heterocycles. The number of rotatable bonds is 3. The molecule has 0 amide bonds. The van der Waals surface area contributed by atoms with Gasteiger partial charge in [0.25, 0.3) is 0 Å². The van der Waals surface area contributed by atoms with Crippen LogP contribution in [0.15, 0.2) is 24.3 Å². The van der Waals surface area contributed by atoms with Gasteiger partial charge in [-0.1, -0.05) is 29.5 Å². The van der Waals surface area contributed by atoms with E-state index in [2.05, 4.69) is 39.3 Å². The maximum atomic E-state index is 5.99. The quantitative estimate of drug-likeness (QED) is 0.931. The first-order valence-corrected chi connectivity index (χ1v) is 7.59. The minimum atomic E-state index is 0.554. The van der Waals surface area contributed by atoms with E-state index >= 15 is 0 Å². The molecule has 4 heteroatoms. The molecule has 1 saturated carbocycles. The van der Waals surface area contributed by atoms with Crippen LogP contribution in [0.3, 0.4) is 0 Å². The largest absolute Gasteiger partial charge is 0.381 e. The molecule has 0 saturated heterocycles. The highest BCUT2D eigenvalue weighted by atomic mass is 15.4. The zero-order valence-corrected chi connectivity index (χ0v) is 11.6. The van der Waals surface area contributed by atoms with Crippen molar-refractivity contribution in [2.45, 2.75) is 50.5 Å². The molecular formula is C16H20N4. The fourth-order valence-corrected chi connectivity index (χ4v) is 3.50. The second kappa shape index (κ2) is 4.62. The van der Waals surface area contributed by atoms with Crippen LogP contribution in [0.1, 0.15) is 54.3 Å². The molecular weight excluding hydrogens is 248 g/mol. The van der Waals surface area contributed by atoms with Gasteiger partial charge in [0.2, 0.25) is 0 Å². The molecule has 0 spiro atoms. The van der Waals surface area contributed by atoms with Crippen molar-refractivity contribution in [1.29, 1.82) is 0 Å². The molecule has 1 atom stereocenters. The number of hydrogen-bond donors (Lipinski definition) is 1. The lowest BCUT2D eigenvalue weighted by atomic mass is 9.83. The summed E-state index contributed by atoms with van der Waals surface area (Å²) in [6, 6.07) is 8.83. The normalized spacial score (nSPS) is 21.7. The number of benzene rings is 1. The molecule has 1 fully saturated rings. The smallest absolute Gasteiger partial charge is 0.169 e. The Bertz CT molecular complexity index is 627. The van der Waals surface area contributed by atoms with Crippen LogP contribution in [0, 0.1) is 0 Å². The van der Waals surface area contributed by atoms with E-state index in [4.69, 9.17) is 5.73 Å². The molecule has 2 aliphatic rings. The van der Waals surface area contributed by atoms with E-state index in [1.54, 1.807) is 0 Å². The molecule has 2 aliphatic carbocycles. The summed E-state index contributed by atoms with van der Waals surface area (Å²) >= 11 is 0. The van der Waals surface area contributed by atoms with E-state index in [1.807, 2.05) is 0 Å². The summed E-state index contributed by atoms with van der Waals surface area (Å²) < 4.78 is 2.07. The van der Waals surface area contributed by atoms with E-state index in [1.165, 1.54) is 48.9 Å². The molecule has 1 aromatic carbocycles. The van der Waals surface area contributed by atoms with Gasteiger partial charge >= 0.3 is 0 Å². The third-order valence-electron chi connectivity index (χ3n) is 4.65. The van der Waals surface area contributed by atoms with E-state index in [0.29, 0.717) is 17.7 Å². The SMILES string of the molecule is Nc1nnn(CC2CCCc3ccccc32)c1C1CC1. The highest BCUT2D eigenvalue weighted by Crippen LogP contribution is 2.43. The number of nitrogens with zero attached hydrogens (tertiary/aromatic N) is 3. The number of aromatic nitrogens is 3. The number of aryl methyl sites for hydroxylation is 1. The van der Waals surface area contributed by atoms with Gasteiger partial charge in [-0.3, -0.25) is 0 Å². The zero-order chi connectivity index (χ0) is 13.5. The molecule has 1 unspecified atom stereocenters. The molecule has 4 rings (SSSR count). The Labute approximate surface area is 119 Å². The van der Waals surface area contributed by atoms with Crippen LogP contribution in [0.25, 0.3) is 0 Å². The van der Waals surface area contributed by atoms with Crippen molar-refractivity contribution in [3.63, 3.8) is 0 Å². The van der Waals surface area contributed by atoms with Crippen molar-refractivity contribution in [2.75, 3.05) is 5.73 Å². The van der Waals surface area contributed by atoms with E-state index in [-0.39, 0.29) is 0 Å². The molecule has 104 valence electrons. The Morgan fingerprint density at radius 1 is 1.20 bits per heavy atom. The maximum Gasteiger partial charge on any atom is 0.169 e. The highest BCUT2D eigenvalue weighted by molar-refractivity contribution is 5.39. The van der Waals surface area contributed by atoms with Gasteiger partial charge < -0.3 is 5.73 Å².